The quantitative estimate of drug-likeness (QED) is 0.796. The first-order chi connectivity index (χ1) is 8.86. The molecule has 2 fully saturated rings. The van der Waals surface area contributed by atoms with Crippen molar-refractivity contribution in [2.45, 2.75) is 70.4 Å². The average molecular weight is 269 g/mol. The number of likely N-dealkylation sites (tertiary alicyclic amines) is 1. The lowest BCUT2D eigenvalue weighted by atomic mass is 9.75. The zero-order valence-electron chi connectivity index (χ0n) is 12.4. The molecule has 1 saturated heterocycles. The monoisotopic (exact) mass is 269 g/mol. The van der Waals surface area contributed by atoms with Crippen LogP contribution in [-0.4, -0.2) is 40.4 Å². The Kier molecular flexibility index (Phi) is 4.09. The van der Waals surface area contributed by atoms with E-state index in [0.717, 1.165) is 45.1 Å². The Morgan fingerprint density at radius 1 is 1.32 bits per heavy atom. The van der Waals surface area contributed by atoms with Crippen LogP contribution in [-0.2, 0) is 4.74 Å². The molecule has 0 aromatic rings. The lowest BCUT2D eigenvalue weighted by Crippen LogP contribution is -2.51. The zero-order chi connectivity index (χ0) is 14.1. The van der Waals surface area contributed by atoms with Gasteiger partial charge in [-0.2, -0.15) is 0 Å². The number of amides is 1. The molecule has 1 aliphatic heterocycles. The van der Waals surface area contributed by atoms with Crippen molar-refractivity contribution < 1.29 is 14.6 Å². The summed E-state index contributed by atoms with van der Waals surface area (Å²) < 4.78 is 5.54. The zero-order valence-corrected chi connectivity index (χ0v) is 12.4. The number of aliphatic hydroxyl groups excluding tert-OH is 1. The highest BCUT2D eigenvalue weighted by molar-refractivity contribution is 5.69. The van der Waals surface area contributed by atoms with Crippen LogP contribution >= 0.6 is 0 Å². The van der Waals surface area contributed by atoms with Crippen LogP contribution in [0.4, 0.5) is 4.79 Å². The Labute approximate surface area is 116 Å². The molecule has 0 aromatic carbocycles. The molecule has 0 atom stereocenters. The maximum absolute atomic E-state index is 12.3. The summed E-state index contributed by atoms with van der Waals surface area (Å²) in [7, 11) is 0. The summed E-state index contributed by atoms with van der Waals surface area (Å²) in [6, 6.07) is 0. The molecule has 4 heteroatoms. The van der Waals surface area contributed by atoms with Crippen molar-refractivity contribution in [2.75, 3.05) is 13.2 Å². The summed E-state index contributed by atoms with van der Waals surface area (Å²) in [5.74, 6) is 0.423. The van der Waals surface area contributed by atoms with Crippen molar-refractivity contribution in [1.29, 1.82) is 0 Å². The van der Waals surface area contributed by atoms with Gasteiger partial charge in [-0.25, -0.2) is 4.79 Å². The summed E-state index contributed by atoms with van der Waals surface area (Å²) in [4.78, 5) is 14.3. The number of carbonyl (C=O) groups excluding carboxylic acids is 1. The third kappa shape index (κ3) is 3.22. The van der Waals surface area contributed by atoms with E-state index in [4.69, 9.17) is 4.74 Å². The highest BCUT2D eigenvalue weighted by Crippen LogP contribution is 2.43. The molecule has 2 rings (SSSR count). The highest BCUT2D eigenvalue weighted by Gasteiger charge is 2.46. The maximum atomic E-state index is 12.3. The van der Waals surface area contributed by atoms with Gasteiger partial charge >= 0.3 is 6.09 Å². The number of ether oxygens (including phenoxy) is 1. The molecule has 19 heavy (non-hydrogen) atoms. The Morgan fingerprint density at radius 3 is 2.47 bits per heavy atom. The number of carbonyl (C=O) groups is 1. The highest BCUT2D eigenvalue weighted by atomic mass is 16.6. The second-order valence-corrected chi connectivity index (χ2v) is 7.09. The Hall–Kier alpha value is -0.770. The van der Waals surface area contributed by atoms with Gasteiger partial charge in [-0.05, 0) is 65.2 Å². The molecule has 1 spiro atoms. The predicted molar refractivity (Wildman–Crippen MR) is 73.9 cm³/mol. The molecule has 1 N–H and O–H groups in total. The third-order valence-electron chi connectivity index (χ3n) is 4.50. The fraction of sp³-hybridized carbons (Fsp3) is 0.933. The molecule has 0 unspecified atom stereocenters. The molecular weight excluding hydrogens is 242 g/mol. The fourth-order valence-corrected chi connectivity index (χ4v) is 3.46. The third-order valence-corrected chi connectivity index (χ3v) is 4.50. The van der Waals surface area contributed by atoms with E-state index in [0.29, 0.717) is 5.92 Å². The topological polar surface area (TPSA) is 49.8 Å². The number of aliphatic hydroxyl groups is 1. The molecule has 0 radical (unpaired) electrons. The first-order valence-corrected chi connectivity index (χ1v) is 7.48. The largest absolute Gasteiger partial charge is 0.444 e. The van der Waals surface area contributed by atoms with Crippen LogP contribution in [0.5, 0.6) is 0 Å². The fourth-order valence-electron chi connectivity index (χ4n) is 3.46. The van der Waals surface area contributed by atoms with Gasteiger partial charge in [0.05, 0.1) is 0 Å². The van der Waals surface area contributed by atoms with Gasteiger partial charge in [-0.15, -0.1) is 0 Å². The summed E-state index contributed by atoms with van der Waals surface area (Å²) in [5, 5.41) is 9.24. The van der Waals surface area contributed by atoms with Crippen LogP contribution in [0.3, 0.4) is 0 Å². The standard InChI is InChI=1S/C15H27NO3/c1-14(2,3)19-13(18)16-10-4-7-15(16)8-5-12(11-17)6-9-15/h12,17H,4-11H2,1-3H3. The van der Waals surface area contributed by atoms with Crippen molar-refractivity contribution in [3.63, 3.8) is 0 Å². The molecule has 1 amide bonds. The minimum Gasteiger partial charge on any atom is -0.444 e. The van der Waals surface area contributed by atoms with Gasteiger partial charge < -0.3 is 14.7 Å². The van der Waals surface area contributed by atoms with Crippen LogP contribution < -0.4 is 0 Å². The summed E-state index contributed by atoms with van der Waals surface area (Å²) in [6.45, 7) is 6.84. The van der Waals surface area contributed by atoms with Gasteiger partial charge in [0, 0.05) is 18.7 Å². The molecule has 0 aromatic heterocycles. The molecule has 0 bridgehead atoms. The smallest absolute Gasteiger partial charge is 0.410 e. The Balaban J connectivity index is 2.03. The summed E-state index contributed by atoms with van der Waals surface area (Å²) in [6.07, 6.45) is 6.07. The van der Waals surface area contributed by atoms with Crippen molar-refractivity contribution in [3.05, 3.63) is 0 Å². The second-order valence-electron chi connectivity index (χ2n) is 7.09. The molecular formula is C15H27NO3. The van der Waals surface area contributed by atoms with Crippen LogP contribution in [0.2, 0.25) is 0 Å². The Morgan fingerprint density at radius 2 is 1.95 bits per heavy atom. The lowest BCUT2D eigenvalue weighted by Gasteiger charge is -2.43. The number of rotatable bonds is 1. The van der Waals surface area contributed by atoms with Gasteiger partial charge in [0.25, 0.3) is 0 Å². The van der Waals surface area contributed by atoms with Gasteiger partial charge in [0.1, 0.15) is 5.60 Å². The first kappa shape index (κ1) is 14.6. The van der Waals surface area contributed by atoms with E-state index in [2.05, 4.69) is 0 Å². The van der Waals surface area contributed by atoms with Gasteiger partial charge in [-0.1, -0.05) is 0 Å². The minimum absolute atomic E-state index is 0.00794. The van der Waals surface area contributed by atoms with E-state index in [1.165, 1.54) is 0 Å². The second kappa shape index (κ2) is 5.31. The average Bonchev–Trinajstić information content (AvgIpc) is 2.72. The van der Waals surface area contributed by atoms with E-state index < -0.39 is 5.60 Å². The summed E-state index contributed by atoms with van der Waals surface area (Å²) >= 11 is 0. The van der Waals surface area contributed by atoms with Gasteiger partial charge in [-0.3, -0.25) is 0 Å². The van der Waals surface area contributed by atoms with Crippen molar-refractivity contribution >= 4 is 6.09 Å². The molecule has 4 nitrogen and oxygen atoms in total. The van der Waals surface area contributed by atoms with Crippen molar-refractivity contribution in [3.8, 4) is 0 Å². The first-order valence-electron chi connectivity index (χ1n) is 7.48. The van der Waals surface area contributed by atoms with E-state index in [1.54, 1.807) is 0 Å². The lowest BCUT2D eigenvalue weighted by molar-refractivity contribution is -0.00510. The van der Waals surface area contributed by atoms with E-state index >= 15 is 0 Å². The van der Waals surface area contributed by atoms with Crippen molar-refractivity contribution in [1.82, 2.24) is 4.90 Å². The summed E-state index contributed by atoms with van der Waals surface area (Å²) in [5.41, 5.74) is -0.419. The normalized spacial score (nSPS) is 31.8. The number of hydrogen-bond acceptors (Lipinski definition) is 3. The van der Waals surface area contributed by atoms with Crippen LogP contribution in [0.15, 0.2) is 0 Å². The van der Waals surface area contributed by atoms with Gasteiger partial charge in [0.2, 0.25) is 0 Å². The maximum Gasteiger partial charge on any atom is 0.410 e. The van der Waals surface area contributed by atoms with Crippen molar-refractivity contribution in [2.24, 2.45) is 5.92 Å². The Bertz CT molecular complexity index is 327. The van der Waals surface area contributed by atoms with Crippen LogP contribution in [0.1, 0.15) is 59.3 Å². The van der Waals surface area contributed by atoms with E-state index in [9.17, 15) is 9.90 Å². The number of nitrogens with zero attached hydrogens (tertiary/aromatic N) is 1. The minimum atomic E-state index is -0.427. The molecule has 1 aliphatic carbocycles. The molecule has 110 valence electrons. The number of hydrogen-bond donors (Lipinski definition) is 1. The SMILES string of the molecule is CC(C)(C)OC(=O)N1CCCC12CCC(CO)CC2. The predicted octanol–water partition coefficient (Wildman–Crippen LogP) is 2.94. The van der Waals surface area contributed by atoms with Gasteiger partial charge in [0.15, 0.2) is 0 Å². The van der Waals surface area contributed by atoms with E-state index in [-0.39, 0.29) is 18.2 Å². The molecule has 1 heterocycles. The molecule has 1 saturated carbocycles. The van der Waals surface area contributed by atoms with E-state index in [1.807, 2.05) is 25.7 Å². The molecule has 2 aliphatic rings. The van der Waals surface area contributed by atoms with Crippen LogP contribution in [0.25, 0.3) is 0 Å². The van der Waals surface area contributed by atoms with Crippen LogP contribution in [0, 0.1) is 5.92 Å².